The standard InChI is InChI=1S/C14H27NO/c1-11(9-13-5-7-16-8-6-13)12(2)10-15-14-3-4-14/h11-15H,3-10H2,1-2H3. The summed E-state index contributed by atoms with van der Waals surface area (Å²) >= 11 is 0. The molecule has 0 spiro atoms. The maximum Gasteiger partial charge on any atom is 0.0468 e. The number of nitrogens with one attached hydrogen (secondary N) is 1. The average Bonchev–Trinajstić information content (AvgIpc) is 3.11. The van der Waals surface area contributed by atoms with Crippen molar-refractivity contribution in [3.63, 3.8) is 0 Å². The lowest BCUT2D eigenvalue weighted by Crippen LogP contribution is -2.28. The second kappa shape index (κ2) is 6.02. The Morgan fingerprint density at radius 1 is 1.06 bits per heavy atom. The SMILES string of the molecule is CC(CNC1CC1)C(C)CC1CCOCC1. The molecule has 2 atom stereocenters. The summed E-state index contributed by atoms with van der Waals surface area (Å²) in [6.45, 7) is 8.03. The number of ether oxygens (including phenoxy) is 1. The van der Waals surface area contributed by atoms with Crippen LogP contribution in [0.2, 0.25) is 0 Å². The van der Waals surface area contributed by atoms with E-state index in [1.54, 1.807) is 0 Å². The van der Waals surface area contributed by atoms with Gasteiger partial charge in [0.25, 0.3) is 0 Å². The van der Waals surface area contributed by atoms with Crippen LogP contribution in [0.1, 0.15) is 46.0 Å². The molecule has 16 heavy (non-hydrogen) atoms. The Morgan fingerprint density at radius 3 is 2.38 bits per heavy atom. The van der Waals surface area contributed by atoms with Gasteiger partial charge in [0.1, 0.15) is 0 Å². The molecule has 0 aromatic heterocycles. The molecule has 1 N–H and O–H groups in total. The molecule has 2 rings (SSSR count). The summed E-state index contributed by atoms with van der Waals surface area (Å²) in [4.78, 5) is 0. The lowest BCUT2D eigenvalue weighted by Gasteiger charge is -2.28. The van der Waals surface area contributed by atoms with Crippen LogP contribution in [-0.4, -0.2) is 25.8 Å². The zero-order valence-corrected chi connectivity index (χ0v) is 10.9. The summed E-state index contributed by atoms with van der Waals surface area (Å²) in [7, 11) is 0. The monoisotopic (exact) mass is 225 g/mol. The fourth-order valence-electron chi connectivity index (χ4n) is 2.58. The molecule has 0 amide bonds. The van der Waals surface area contributed by atoms with Gasteiger partial charge in [-0.1, -0.05) is 13.8 Å². The molecule has 0 aromatic rings. The summed E-state index contributed by atoms with van der Waals surface area (Å²) in [5.74, 6) is 2.60. The molecule has 0 bridgehead atoms. The van der Waals surface area contributed by atoms with Gasteiger partial charge in [-0.3, -0.25) is 0 Å². The Morgan fingerprint density at radius 2 is 1.75 bits per heavy atom. The fourth-order valence-corrected chi connectivity index (χ4v) is 2.58. The van der Waals surface area contributed by atoms with E-state index in [9.17, 15) is 0 Å². The zero-order chi connectivity index (χ0) is 11.4. The maximum atomic E-state index is 5.42. The van der Waals surface area contributed by atoms with Crippen LogP contribution in [0.15, 0.2) is 0 Å². The molecule has 2 fully saturated rings. The van der Waals surface area contributed by atoms with Gasteiger partial charge in [-0.2, -0.15) is 0 Å². The predicted molar refractivity (Wildman–Crippen MR) is 67.5 cm³/mol. The fraction of sp³-hybridized carbons (Fsp3) is 1.00. The summed E-state index contributed by atoms with van der Waals surface area (Å²) in [6.07, 6.45) is 6.78. The van der Waals surface area contributed by atoms with Crippen LogP contribution in [0.25, 0.3) is 0 Å². The Bertz CT molecular complexity index is 197. The number of hydrogen-bond donors (Lipinski definition) is 1. The molecule has 0 aromatic carbocycles. The largest absolute Gasteiger partial charge is 0.381 e. The molecule has 2 nitrogen and oxygen atoms in total. The van der Waals surface area contributed by atoms with Crippen molar-refractivity contribution >= 4 is 0 Å². The Hall–Kier alpha value is -0.0800. The lowest BCUT2D eigenvalue weighted by molar-refractivity contribution is 0.0564. The van der Waals surface area contributed by atoms with Crippen LogP contribution in [0.4, 0.5) is 0 Å². The van der Waals surface area contributed by atoms with Gasteiger partial charge in [0, 0.05) is 19.3 Å². The second-order valence-corrected chi connectivity index (χ2v) is 5.93. The molecule has 94 valence electrons. The molecule has 2 aliphatic rings. The maximum absolute atomic E-state index is 5.42. The number of rotatable bonds is 6. The smallest absolute Gasteiger partial charge is 0.0468 e. The topological polar surface area (TPSA) is 21.3 Å². The Kier molecular flexibility index (Phi) is 4.66. The van der Waals surface area contributed by atoms with E-state index in [-0.39, 0.29) is 0 Å². The molecular formula is C14H27NO. The van der Waals surface area contributed by atoms with E-state index < -0.39 is 0 Å². The normalized spacial score (nSPS) is 26.6. The van der Waals surface area contributed by atoms with Gasteiger partial charge < -0.3 is 10.1 Å². The van der Waals surface area contributed by atoms with Crippen LogP contribution in [-0.2, 0) is 4.74 Å². The van der Waals surface area contributed by atoms with Crippen LogP contribution < -0.4 is 5.32 Å². The predicted octanol–water partition coefficient (Wildman–Crippen LogP) is 2.83. The quantitative estimate of drug-likeness (QED) is 0.750. The highest BCUT2D eigenvalue weighted by Gasteiger charge is 2.24. The Balaban J connectivity index is 1.62. The van der Waals surface area contributed by atoms with Crippen LogP contribution in [0.5, 0.6) is 0 Å². The highest BCUT2D eigenvalue weighted by Crippen LogP contribution is 2.27. The first-order chi connectivity index (χ1) is 7.75. The second-order valence-electron chi connectivity index (χ2n) is 5.93. The lowest BCUT2D eigenvalue weighted by atomic mass is 9.83. The van der Waals surface area contributed by atoms with Gasteiger partial charge in [0.2, 0.25) is 0 Å². The van der Waals surface area contributed by atoms with Crippen molar-refractivity contribution in [3.8, 4) is 0 Å². The van der Waals surface area contributed by atoms with Crippen molar-refractivity contribution in [1.82, 2.24) is 5.32 Å². The third-order valence-electron chi connectivity index (χ3n) is 4.32. The van der Waals surface area contributed by atoms with Crippen LogP contribution >= 0.6 is 0 Å². The Labute approximate surface area is 100 Å². The summed E-state index contributed by atoms with van der Waals surface area (Å²) < 4.78 is 5.42. The molecule has 0 radical (unpaired) electrons. The molecule has 1 aliphatic carbocycles. The van der Waals surface area contributed by atoms with E-state index in [0.29, 0.717) is 0 Å². The molecule has 2 heteroatoms. The molecule has 1 aliphatic heterocycles. The first-order valence-corrected chi connectivity index (χ1v) is 7.07. The van der Waals surface area contributed by atoms with Gasteiger partial charge in [-0.15, -0.1) is 0 Å². The molecule has 1 saturated carbocycles. The number of hydrogen-bond acceptors (Lipinski definition) is 2. The van der Waals surface area contributed by atoms with Gasteiger partial charge in [0.15, 0.2) is 0 Å². The van der Waals surface area contributed by atoms with Gasteiger partial charge in [0.05, 0.1) is 0 Å². The van der Waals surface area contributed by atoms with Gasteiger partial charge in [-0.25, -0.2) is 0 Å². The summed E-state index contributed by atoms with van der Waals surface area (Å²) in [5.41, 5.74) is 0. The third kappa shape index (κ3) is 4.06. The van der Waals surface area contributed by atoms with E-state index in [1.165, 1.54) is 38.6 Å². The van der Waals surface area contributed by atoms with E-state index in [2.05, 4.69) is 19.2 Å². The highest BCUT2D eigenvalue weighted by atomic mass is 16.5. The van der Waals surface area contributed by atoms with Crippen molar-refractivity contribution in [2.45, 2.75) is 52.0 Å². The van der Waals surface area contributed by atoms with Crippen molar-refractivity contribution in [2.75, 3.05) is 19.8 Å². The molecule has 2 unspecified atom stereocenters. The van der Waals surface area contributed by atoms with E-state index in [0.717, 1.165) is 37.0 Å². The van der Waals surface area contributed by atoms with Gasteiger partial charge in [-0.05, 0) is 56.4 Å². The van der Waals surface area contributed by atoms with Crippen molar-refractivity contribution in [1.29, 1.82) is 0 Å². The molecular weight excluding hydrogens is 198 g/mol. The average molecular weight is 225 g/mol. The van der Waals surface area contributed by atoms with Crippen molar-refractivity contribution < 1.29 is 4.74 Å². The summed E-state index contributed by atoms with van der Waals surface area (Å²) in [5, 5.41) is 3.65. The minimum absolute atomic E-state index is 0.823. The highest BCUT2D eigenvalue weighted by molar-refractivity contribution is 4.82. The zero-order valence-electron chi connectivity index (χ0n) is 10.9. The molecule has 1 heterocycles. The van der Waals surface area contributed by atoms with E-state index in [4.69, 9.17) is 4.74 Å². The third-order valence-corrected chi connectivity index (χ3v) is 4.32. The molecule has 1 saturated heterocycles. The van der Waals surface area contributed by atoms with Crippen LogP contribution in [0, 0.1) is 17.8 Å². The summed E-state index contributed by atoms with van der Waals surface area (Å²) in [6, 6.07) is 0.859. The first kappa shape index (κ1) is 12.4. The minimum atomic E-state index is 0.823. The van der Waals surface area contributed by atoms with Crippen molar-refractivity contribution in [2.24, 2.45) is 17.8 Å². The first-order valence-electron chi connectivity index (χ1n) is 7.07. The van der Waals surface area contributed by atoms with E-state index in [1.807, 2.05) is 0 Å². The van der Waals surface area contributed by atoms with Crippen molar-refractivity contribution in [3.05, 3.63) is 0 Å². The van der Waals surface area contributed by atoms with E-state index >= 15 is 0 Å². The van der Waals surface area contributed by atoms with Crippen LogP contribution in [0.3, 0.4) is 0 Å². The van der Waals surface area contributed by atoms with Gasteiger partial charge >= 0.3 is 0 Å². The minimum Gasteiger partial charge on any atom is -0.381 e.